The summed E-state index contributed by atoms with van der Waals surface area (Å²) < 4.78 is 4.84. The molecule has 1 atom stereocenters. The number of likely N-dealkylation sites (tertiary alicyclic amines) is 1. The van der Waals surface area contributed by atoms with Gasteiger partial charge < -0.3 is 24.9 Å². The highest BCUT2D eigenvalue weighted by molar-refractivity contribution is 5.76. The van der Waals surface area contributed by atoms with E-state index in [4.69, 9.17) is 14.6 Å². The number of hydrogen-bond donors (Lipinski definition) is 2. The molecule has 1 aliphatic heterocycles. The van der Waals surface area contributed by atoms with Gasteiger partial charge in [-0.3, -0.25) is 4.79 Å². The van der Waals surface area contributed by atoms with E-state index in [0.29, 0.717) is 5.91 Å². The van der Waals surface area contributed by atoms with Crippen LogP contribution in [-0.4, -0.2) is 61.6 Å². The molecule has 1 unspecified atom stereocenters. The minimum Gasteiger partial charge on any atom is -0.444 e. The topological polar surface area (TPSA) is 95.9 Å². The van der Waals surface area contributed by atoms with E-state index in [-0.39, 0.29) is 11.7 Å². The van der Waals surface area contributed by atoms with Crippen LogP contribution < -0.4 is 5.32 Å². The molecule has 1 rings (SSSR count). The maximum Gasteiger partial charge on any atom is 0.407 e. The molecular formula is C20H42N2O5. The van der Waals surface area contributed by atoms with Gasteiger partial charge in [0.15, 0.2) is 0 Å². The normalized spacial score (nSPS) is 13.6. The van der Waals surface area contributed by atoms with Crippen molar-refractivity contribution in [3.05, 3.63) is 0 Å². The van der Waals surface area contributed by atoms with E-state index in [1.807, 2.05) is 32.5 Å². The predicted molar refractivity (Wildman–Crippen MR) is 110 cm³/mol. The molecule has 0 aromatic rings. The number of rotatable bonds is 5. The first-order valence-electron chi connectivity index (χ1n) is 9.61. The fourth-order valence-electron chi connectivity index (χ4n) is 2.26. The Morgan fingerprint density at radius 2 is 1.67 bits per heavy atom. The number of amides is 2. The van der Waals surface area contributed by atoms with Gasteiger partial charge in [-0.2, -0.15) is 0 Å². The minimum atomic E-state index is -0.389. The third-order valence-electron chi connectivity index (χ3n) is 3.85. The lowest BCUT2D eigenvalue weighted by Crippen LogP contribution is -2.30. The lowest BCUT2D eigenvalue weighted by Gasteiger charge is -2.18. The second kappa shape index (κ2) is 19.1. The molecule has 2 amide bonds. The van der Waals surface area contributed by atoms with Crippen molar-refractivity contribution in [3.8, 4) is 0 Å². The van der Waals surface area contributed by atoms with Gasteiger partial charge in [0.2, 0.25) is 5.91 Å². The number of aliphatic hydroxyl groups excluding tert-OH is 1. The Hall–Kier alpha value is -1.63. The van der Waals surface area contributed by atoms with Crippen LogP contribution in [0, 0.1) is 5.92 Å². The number of nitrogens with zero attached hydrogens (tertiary/aromatic N) is 1. The number of hydrogen-bond acceptors (Lipinski definition) is 5. The highest BCUT2D eigenvalue weighted by Gasteiger charge is 2.17. The average Bonchev–Trinajstić information content (AvgIpc) is 3.18. The monoisotopic (exact) mass is 390 g/mol. The molecule has 0 aromatic carbocycles. The van der Waals surface area contributed by atoms with Gasteiger partial charge in [-0.25, -0.2) is 4.79 Å². The van der Waals surface area contributed by atoms with E-state index in [9.17, 15) is 9.59 Å². The first kappa shape index (κ1) is 30.1. The molecular weight excluding hydrogens is 348 g/mol. The van der Waals surface area contributed by atoms with Crippen LogP contribution >= 0.6 is 0 Å². The predicted octanol–water partition coefficient (Wildman–Crippen LogP) is 3.39. The quantitative estimate of drug-likeness (QED) is 0.750. The van der Waals surface area contributed by atoms with Crippen molar-refractivity contribution >= 4 is 18.8 Å². The summed E-state index contributed by atoms with van der Waals surface area (Å²) in [5.41, 5.74) is -0.389. The Labute approximate surface area is 165 Å². The van der Waals surface area contributed by atoms with Gasteiger partial charge in [-0.1, -0.05) is 26.7 Å². The zero-order chi connectivity index (χ0) is 21.9. The third kappa shape index (κ3) is 20.5. The highest BCUT2D eigenvalue weighted by Crippen LogP contribution is 2.14. The summed E-state index contributed by atoms with van der Waals surface area (Å²) in [5, 5.41) is 9.36. The van der Waals surface area contributed by atoms with Crippen LogP contribution in [0.3, 0.4) is 0 Å². The van der Waals surface area contributed by atoms with Crippen LogP contribution in [0.2, 0.25) is 0 Å². The smallest absolute Gasteiger partial charge is 0.407 e. The fourth-order valence-corrected chi connectivity index (χ4v) is 2.26. The van der Waals surface area contributed by atoms with Gasteiger partial charge in [0.1, 0.15) is 12.4 Å². The molecule has 1 aliphatic rings. The molecule has 1 heterocycles. The highest BCUT2D eigenvalue weighted by atomic mass is 16.6. The summed E-state index contributed by atoms with van der Waals surface area (Å²) in [6.07, 6.45) is 6.30. The van der Waals surface area contributed by atoms with Crippen LogP contribution in [0.1, 0.15) is 73.1 Å². The molecule has 0 radical (unpaired) electrons. The van der Waals surface area contributed by atoms with Gasteiger partial charge in [0.05, 0.1) is 0 Å². The van der Waals surface area contributed by atoms with E-state index in [1.165, 1.54) is 32.7 Å². The molecule has 162 valence electrons. The first-order chi connectivity index (χ1) is 12.7. The zero-order valence-electron chi connectivity index (χ0n) is 18.5. The molecule has 7 heteroatoms. The second-order valence-electron chi connectivity index (χ2n) is 7.25. The second-order valence-corrected chi connectivity index (χ2v) is 7.25. The van der Waals surface area contributed by atoms with Crippen molar-refractivity contribution in [3.63, 3.8) is 0 Å². The SMILES string of the molecule is C=O.CCC(C)CCCC(=O)N1CCCC1.CNC(=O)OC(C)(C)C.CO. The summed E-state index contributed by atoms with van der Waals surface area (Å²) in [4.78, 5) is 32.2. The van der Waals surface area contributed by atoms with Crippen LogP contribution in [0.5, 0.6) is 0 Å². The Bertz CT molecular complexity index is 364. The molecule has 7 nitrogen and oxygen atoms in total. The molecule has 2 N–H and O–H groups in total. The first-order valence-corrected chi connectivity index (χ1v) is 9.61. The summed E-state index contributed by atoms with van der Waals surface area (Å²) in [6.45, 7) is 13.9. The number of carbonyl (C=O) groups excluding carboxylic acids is 3. The van der Waals surface area contributed by atoms with Gasteiger partial charge >= 0.3 is 6.09 Å². The maximum absolute atomic E-state index is 11.6. The number of ether oxygens (including phenoxy) is 1. The number of nitrogens with one attached hydrogen (secondary N) is 1. The molecule has 27 heavy (non-hydrogen) atoms. The van der Waals surface area contributed by atoms with E-state index in [2.05, 4.69) is 19.2 Å². The largest absolute Gasteiger partial charge is 0.444 e. The summed E-state index contributed by atoms with van der Waals surface area (Å²) in [6, 6.07) is 0. The fraction of sp³-hybridized carbons (Fsp3) is 0.850. The molecule has 1 fully saturated rings. The molecule has 0 aliphatic carbocycles. The molecule has 0 aromatic heterocycles. The van der Waals surface area contributed by atoms with Crippen molar-refractivity contribution < 1.29 is 24.2 Å². The molecule has 0 saturated carbocycles. The molecule has 1 saturated heterocycles. The van der Waals surface area contributed by atoms with Gasteiger partial charge in [0.25, 0.3) is 0 Å². The standard InChI is InChI=1S/C12H23NO.C6H13NO2.CH4O.CH2O/c1-3-11(2)7-6-8-12(14)13-9-4-5-10-13;1-6(2,3)9-5(8)7-4;2*1-2/h11H,3-10H2,1-2H3;1-4H3,(H,7,8);2H,1H3;1H2. The molecule has 0 spiro atoms. The van der Waals surface area contributed by atoms with Crippen LogP contribution in [0.15, 0.2) is 0 Å². The van der Waals surface area contributed by atoms with Crippen molar-refractivity contribution in [2.45, 2.75) is 78.7 Å². The number of carbonyl (C=O) groups is 3. The van der Waals surface area contributed by atoms with Gasteiger partial charge in [-0.15, -0.1) is 0 Å². The Kier molecular flexibility index (Phi) is 21.3. The van der Waals surface area contributed by atoms with E-state index in [0.717, 1.165) is 39.0 Å². The summed E-state index contributed by atoms with van der Waals surface area (Å²) in [5.74, 6) is 1.16. The van der Waals surface area contributed by atoms with Crippen molar-refractivity contribution in [1.29, 1.82) is 0 Å². The van der Waals surface area contributed by atoms with Crippen molar-refractivity contribution in [2.75, 3.05) is 27.2 Å². The Balaban J connectivity index is -0.000000384. The summed E-state index contributed by atoms with van der Waals surface area (Å²) in [7, 11) is 2.54. The summed E-state index contributed by atoms with van der Waals surface area (Å²) >= 11 is 0. The lowest BCUT2D eigenvalue weighted by molar-refractivity contribution is -0.130. The van der Waals surface area contributed by atoms with Crippen LogP contribution in [0.25, 0.3) is 0 Å². The average molecular weight is 391 g/mol. The minimum absolute atomic E-state index is 0.380. The zero-order valence-corrected chi connectivity index (χ0v) is 18.5. The lowest BCUT2D eigenvalue weighted by atomic mass is 10.0. The van der Waals surface area contributed by atoms with E-state index in [1.54, 1.807) is 0 Å². The van der Waals surface area contributed by atoms with Crippen LogP contribution in [-0.2, 0) is 14.3 Å². The Morgan fingerprint density at radius 3 is 2.00 bits per heavy atom. The van der Waals surface area contributed by atoms with Crippen molar-refractivity contribution in [1.82, 2.24) is 10.2 Å². The Morgan fingerprint density at radius 1 is 1.19 bits per heavy atom. The maximum atomic E-state index is 11.6. The van der Waals surface area contributed by atoms with Gasteiger partial charge in [-0.05, 0) is 46.0 Å². The number of alkyl carbamates (subject to hydrolysis) is 1. The van der Waals surface area contributed by atoms with Gasteiger partial charge in [0, 0.05) is 33.7 Å². The van der Waals surface area contributed by atoms with Crippen LogP contribution in [0.4, 0.5) is 4.79 Å². The van der Waals surface area contributed by atoms with E-state index < -0.39 is 0 Å². The third-order valence-corrected chi connectivity index (χ3v) is 3.85. The number of aliphatic hydroxyl groups is 1. The van der Waals surface area contributed by atoms with Crippen molar-refractivity contribution in [2.24, 2.45) is 5.92 Å². The molecule has 0 bridgehead atoms. The van der Waals surface area contributed by atoms with E-state index >= 15 is 0 Å².